The lowest BCUT2D eigenvalue weighted by atomic mass is 9.73. The van der Waals surface area contributed by atoms with Crippen LogP contribution in [0.1, 0.15) is 30.4 Å². The third kappa shape index (κ3) is 3.41. The molecule has 2 fully saturated rings. The van der Waals surface area contributed by atoms with E-state index in [9.17, 15) is 9.59 Å². The number of benzene rings is 1. The minimum absolute atomic E-state index is 0.0462. The first kappa shape index (κ1) is 22.3. The SMILES string of the molecule is CN1CCCc2c1nc(N1CCC3(CC1)C(=O)N(C)c1cc(N4CCNCC4)cc(F)c13)[nH]c2=O. The van der Waals surface area contributed by atoms with Crippen LogP contribution in [-0.2, 0) is 16.6 Å². The van der Waals surface area contributed by atoms with Gasteiger partial charge in [0.2, 0.25) is 11.9 Å². The summed E-state index contributed by atoms with van der Waals surface area (Å²) in [6.45, 7) is 5.27. The first-order valence-electron chi connectivity index (χ1n) is 12.6. The Bertz CT molecular complexity index is 1230. The van der Waals surface area contributed by atoms with Crippen molar-refractivity contribution in [1.82, 2.24) is 15.3 Å². The zero-order valence-electron chi connectivity index (χ0n) is 20.4. The molecule has 1 aromatic carbocycles. The number of nitrogens with zero attached hydrogens (tertiary/aromatic N) is 5. The molecule has 4 aliphatic rings. The van der Waals surface area contributed by atoms with Gasteiger partial charge in [-0.05, 0) is 37.8 Å². The number of carbonyl (C=O) groups excluding carboxylic acids is 1. The Kier molecular flexibility index (Phi) is 5.24. The van der Waals surface area contributed by atoms with E-state index in [1.165, 1.54) is 0 Å². The van der Waals surface area contributed by atoms with E-state index >= 15 is 4.39 Å². The van der Waals surface area contributed by atoms with Crippen molar-refractivity contribution >= 4 is 29.0 Å². The van der Waals surface area contributed by atoms with Crippen LogP contribution in [0, 0.1) is 5.82 Å². The molecule has 35 heavy (non-hydrogen) atoms. The highest BCUT2D eigenvalue weighted by Gasteiger charge is 2.53. The minimum Gasteiger partial charge on any atom is -0.369 e. The molecule has 0 radical (unpaired) electrons. The van der Waals surface area contributed by atoms with E-state index in [2.05, 4.69) is 15.2 Å². The maximum atomic E-state index is 15.7. The third-order valence-electron chi connectivity index (χ3n) is 8.27. The van der Waals surface area contributed by atoms with Gasteiger partial charge in [0.05, 0.1) is 16.7 Å². The van der Waals surface area contributed by atoms with Gasteiger partial charge in [-0.15, -0.1) is 0 Å². The molecule has 9 nitrogen and oxygen atoms in total. The maximum absolute atomic E-state index is 15.7. The van der Waals surface area contributed by atoms with Crippen molar-refractivity contribution in [2.24, 2.45) is 0 Å². The van der Waals surface area contributed by atoms with Crippen molar-refractivity contribution < 1.29 is 9.18 Å². The van der Waals surface area contributed by atoms with Gasteiger partial charge in [-0.2, -0.15) is 4.98 Å². The van der Waals surface area contributed by atoms with E-state index in [-0.39, 0.29) is 17.3 Å². The topological polar surface area (TPSA) is 87.8 Å². The van der Waals surface area contributed by atoms with Crippen molar-refractivity contribution in [2.75, 3.05) is 79.5 Å². The molecule has 0 unspecified atom stereocenters. The largest absolute Gasteiger partial charge is 0.369 e. The predicted molar refractivity (Wildman–Crippen MR) is 134 cm³/mol. The fourth-order valence-electron chi connectivity index (χ4n) is 6.29. The van der Waals surface area contributed by atoms with Gasteiger partial charge >= 0.3 is 0 Å². The number of fused-ring (bicyclic) bond motifs is 3. The Morgan fingerprint density at radius 2 is 1.74 bits per heavy atom. The molecule has 6 rings (SSSR count). The lowest BCUT2D eigenvalue weighted by Crippen LogP contribution is -2.49. The normalized spacial score (nSPS) is 21.5. The van der Waals surface area contributed by atoms with Crippen LogP contribution in [0.5, 0.6) is 0 Å². The quantitative estimate of drug-likeness (QED) is 0.667. The highest BCUT2D eigenvalue weighted by molar-refractivity contribution is 6.08. The monoisotopic (exact) mass is 481 g/mol. The van der Waals surface area contributed by atoms with Gasteiger partial charge in [0, 0.05) is 71.2 Å². The first-order chi connectivity index (χ1) is 16.9. The van der Waals surface area contributed by atoms with E-state index in [1.807, 2.05) is 22.9 Å². The van der Waals surface area contributed by atoms with Crippen LogP contribution in [-0.4, -0.2) is 75.8 Å². The average molecular weight is 482 g/mol. The molecule has 1 spiro atoms. The molecule has 5 heterocycles. The number of halogens is 1. The highest BCUT2D eigenvalue weighted by atomic mass is 19.1. The summed E-state index contributed by atoms with van der Waals surface area (Å²) in [5, 5.41) is 3.32. The molecule has 0 saturated carbocycles. The maximum Gasteiger partial charge on any atom is 0.257 e. The average Bonchev–Trinajstić information content (AvgIpc) is 3.08. The Balaban J connectivity index is 1.30. The number of piperazine rings is 1. The van der Waals surface area contributed by atoms with Crippen molar-refractivity contribution in [2.45, 2.75) is 31.1 Å². The summed E-state index contributed by atoms with van der Waals surface area (Å²) in [4.78, 5) is 41.8. The number of rotatable bonds is 2. The number of aromatic nitrogens is 2. The van der Waals surface area contributed by atoms with Crippen LogP contribution >= 0.6 is 0 Å². The standard InChI is InChI=1S/C25H32FN7O2/c1-30-9-3-4-17-21(30)28-24(29-22(17)34)33-10-5-25(6-11-33)20-18(26)14-16(32-12-7-27-8-13-32)15-19(20)31(2)23(25)35/h14-15,27H,3-13H2,1-2H3,(H,28,29,34). The Morgan fingerprint density at radius 3 is 2.49 bits per heavy atom. The summed E-state index contributed by atoms with van der Waals surface area (Å²) in [6.07, 6.45) is 2.63. The van der Waals surface area contributed by atoms with Crippen LogP contribution in [0.25, 0.3) is 0 Å². The van der Waals surface area contributed by atoms with Gasteiger partial charge in [0.15, 0.2) is 0 Å². The second-order valence-electron chi connectivity index (χ2n) is 10.2. The molecule has 2 aromatic rings. The van der Waals surface area contributed by atoms with Gasteiger partial charge in [-0.25, -0.2) is 4.39 Å². The second kappa shape index (κ2) is 8.22. The Hall–Kier alpha value is -3.14. The lowest BCUT2D eigenvalue weighted by Gasteiger charge is -2.39. The summed E-state index contributed by atoms with van der Waals surface area (Å²) in [7, 11) is 3.71. The molecule has 0 atom stereocenters. The minimum atomic E-state index is -0.877. The first-order valence-corrected chi connectivity index (χ1v) is 12.6. The van der Waals surface area contributed by atoms with Crippen molar-refractivity contribution in [1.29, 1.82) is 0 Å². The van der Waals surface area contributed by atoms with Crippen LogP contribution in [0.2, 0.25) is 0 Å². The summed E-state index contributed by atoms with van der Waals surface area (Å²) >= 11 is 0. The number of hydrogen-bond donors (Lipinski definition) is 2. The molecule has 4 aliphatic heterocycles. The van der Waals surface area contributed by atoms with Crippen molar-refractivity contribution in [3.63, 3.8) is 0 Å². The van der Waals surface area contributed by atoms with Crippen molar-refractivity contribution in [3.8, 4) is 0 Å². The molecule has 1 amide bonds. The predicted octanol–water partition coefficient (Wildman–Crippen LogP) is 1.22. The number of hydrogen-bond acceptors (Lipinski definition) is 7. The Morgan fingerprint density at radius 1 is 1.00 bits per heavy atom. The summed E-state index contributed by atoms with van der Waals surface area (Å²) in [6, 6.07) is 3.57. The summed E-state index contributed by atoms with van der Waals surface area (Å²) < 4.78 is 15.7. The molecule has 2 saturated heterocycles. The third-order valence-corrected chi connectivity index (χ3v) is 8.27. The molecule has 1 aromatic heterocycles. The zero-order chi connectivity index (χ0) is 24.3. The van der Waals surface area contributed by atoms with Gasteiger partial charge in [-0.3, -0.25) is 14.6 Å². The molecule has 0 aliphatic carbocycles. The second-order valence-corrected chi connectivity index (χ2v) is 10.2. The smallest absolute Gasteiger partial charge is 0.257 e. The number of nitrogens with one attached hydrogen (secondary N) is 2. The van der Waals surface area contributed by atoms with E-state index in [1.54, 1.807) is 18.0 Å². The van der Waals surface area contributed by atoms with Gasteiger partial charge < -0.3 is 24.9 Å². The van der Waals surface area contributed by atoms with E-state index in [4.69, 9.17) is 4.98 Å². The number of piperidine rings is 1. The molecular weight excluding hydrogens is 449 g/mol. The summed E-state index contributed by atoms with van der Waals surface area (Å²) in [5.74, 6) is 0.925. The molecule has 186 valence electrons. The Labute approximate surface area is 203 Å². The van der Waals surface area contributed by atoms with Crippen LogP contribution in [0.3, 0.4) is 0 Å². The number of anilines is 4. The lowest BCUT2D eigenvalue weighted by molar-refractivity contribution is -0.123. The number of amides is 1. The van der Waals surface area contributed by atoms with Crippen LogP contribution < -0.4 is 30.5 Å². The molecule has 2 N–H and O–H groups in total. The molecule has 10 heteroatoms. The van der Waals surface area contributed by atoms with Gasteiger partial charge in [-0.1, -0.05) is 0 Å². The number of likely N-dealkylation sites (N-methyl/N-ethyl adjacent to an activating group) is 1. The highest BCUT2D eigenvalue weighted by Crippen LogP contribution is 2.50. The summed E-state index contributed by atoms with van der Waals surface area (Å²) in [5.41, 5.74) is 1.80. The van der Waals surface area contributed by atoms with Crippen molar-refractivity contribution in [3.05, 3.63) is 39.4 Å². The fraction of sp³-hybridized carbons (Fsp3) is 0.560. The molecular formula is C25H32FN7O2. The molecule has 0 bridgehead atoms. The van der Waals surface area contributed by atoms with Gasteiger partial charge in [0.25, 0.3) is 5.56 Å². The van der Waals surface area contributed by atoms with E-state index in [0.29, 0.717) is 43.1 Å². The number of aromatic amines is 1. The van der Waals surface area contributed by atoms with Crippen LogP contribution in [0.4, 0.5) is 27.5 Å². The van der Waals surface area contributed by atoms with Crippen LogP contribution in [0.15, 0.2) is 16.9 Å². The van der Waals surface area contributed by atoms with Gasteiger partial charge in [0.1, 0.15) is 11.6 Å². The van der Waals surface area contributed by atoms with E-state index < -0.39 is 5.41 Å². The van der Waals surface area contributed by atoms with E-state index in [0.717, 1.165) is 62.6 Å². The fourth-order valence-corrected chi connectivity index (χ4v) is 6.29. The number of carbonyl (C=O) groups is 1. The number of H-pyrrole nitrogens is 1. The zero-order valence-corrected chi connectivity index (χ0v) is 20.4.